The summed E-state index contributed by atoms with van der Waals surface area (Å²) in [5.41, 5.74) is 2.02. The van der Waals surface area contributed by atoms with E-state index < -0.39 is 0 Å². The predicted molar refractivity (Wildman–Crippen MR) is 66.8 cm³/mol. The van der Waals surface area contributed by atoms with Gasteiger partial charge in [-0.15, -0.1) is 0 Å². The standard InChI is InChI=1S/C13H19N3O/c1-11-5-6-12(2)16(11)13(7-3-4-10-17)8-9-14-15-13/h5-6,8-9,17H,3-4,7,10H2,1-2H3. The minimum atomic E-state index is -0.368. The third-order valence-corrected chi connectivity index (χ3v) is 3.25. The Bertz CT molecular complexity index is 414. The Morgan fingerprint density at radius 1 is 1.24 bits per heavy atom. The number of aromatic nitrogens is 1. The van der Waals surface area contributed by atoms with Gasteiger partial charge in [-0.05, 0) is 51.3 Å². The molecule has 17 heavy (non-hydrogen) atoms. The smallest absolute Gasteiger partial charge is 0.177 e. The number of hydrogen-bond donors (Lipinski definition) is 1. The number of aliphatic hydroxyl groups is 1. The summed E-state index contributed by atoms with van der Waals surface area (Å²) in [6.45, 7) is 4.41. The molecule has 1 aliphatic rings. The van der Waals surface area contributed by atoms with Crippen molar-refractivity contribution in [2.75, 3.05) is 6.61 Å². The van der Waals surface area contributed by atoms with Gasteiger partial charge in [-0.3, -0.25) is 0 Å². The van der Waals surface area contributed by atoms with Crippen LogP contribution in [0.15, 0.2) is 34.6 Å². The Labute approximate surface area is 102 Å². The summed E-state index contributed by atoms with van der Waals surface area (Å²) < 4.78 is 2.22. The van der Waals surface area contributed by atoms with E-state index in [0.29, 0.717) is 0 Å². The van der Waals surface area contributed by atoms with Crippen LogP contribution in [0.3, 0.4) is 0 Å². The number of aliphatic hydroxyl groups excluding tert-OH is 1. The lowest BCUT2D eigenvalue weighted by atomic mass is 10.0. The molecule has 1 aromatic rings. The van der Waals surface area contributed by atoms with E-state index in [4.69, 9.17) is 5.11 Å². The summed E-state index contributed by atoms with van der Waals surface area (Å²) in [4.78, 5) is 0. The van der Waals surface area contributed by atoms with Gasteiger partial charge in [0.15, 0.2) is 5.66 Å². The fourth-order valence-electron chi connectivity index (χ4n) is 2.46. The first-order valence-corrected chi connectivity index (χ1v) is 6.06. The van der Waals surface area contributed by atoms with Crippen LogP contribution in [0.1, 0.15) is 30.7 Å². The zero-order valence-electron chi connectivity index (χ0n) is 10.4. The Morgan fingerprint density at radius 2 is 1.94 bits per heavy atom. The maximum Gasteiger partial charge on any atom is 0.177 e. The largest absolute Gasteiger partial charge is 0.396 e. The number of aryl methyl sites for hydroxylation is 2. The molecule has 1 N–H and O–H groups in total. The molecule has 4 heteroatoms. The molecule has 4 nitrogen and oxygen atoms in total. The maximum absolute atomic E-state index is 8.89. The van der Waals surface area contributed by atoms with Crippen molar-refractivity contribution in [1.82, 2.24) is 4.57 Å². The molecule has 1 unspecified atom stereocenters. The third-order valence-electron chi connectivity index (χ3n) is 3.25. The Balaban J connectivity index is 2.29. The second-order valence-electron chi connectivity index (χ2n) is 4.54. The van der Waals surface area contributed by atoms with Gasteiger partial charge in [0, 0.05) is 24.2 Å². The topological polar surface area (TPSA) is 49.9 Å². The SMILES string of the molecule is Cc1ccc(C)n1C1(CCCCO)C=CN=N1. The van der Waals surface area contributed by atoms with Gasteiger partial charge in [0.05, 0.1) is 0 Å². The second kappa shape index (κ2) is 4.84. The van der Waals surface area contributed by atoms with Crippen molar-refractivity contribution in [2.45, 2.75) is 38.8 Å². The van der Waals surface area contributed by atoms with E-state index in [9.17, 15) is 0 Å². The summed E-state index contributed by atoms with van der Waals surface area (Å²) in [6, 6.07) is 4.20. The first-order valence-electron chi connectivity index (χ1n) is 6.06. The number of nitrogens with zero attached hydrogens (tertiary/aromatic N) is 3. The van der Waals surface area contributed by atoms with Crippen LogP contribution in [-0.2, 0) is 5.66 Å². The summed E-state index contributed by atoms with van der Waals surface area (Å²) in [6.07, 6.45) is 6.44. The minimum Gasteiger partial charge on any atom is -0.396 e. The number of rotatable bonds is 5. The molecule has 0 fully saturated rings. The highest BCUT2D eigenvalue weighted by Gasteiger charge is 2.32. The van der Waals surface area contributed by atoms with Crippen LogP contribution >= 0.6 is 0 Å². The molecule has 0 aliphatic carbocycles. The molecule has 0 bridgehead atoms. The number of hydrogen-bond acceptors (Lipinski definition) is 3. The van der Waals surface area contributed by atoms with Gasteiger partial charge in [0.2, 0.25) is 0 Å². The van der Waals surface area contributed by atoms with Gasteiger partial charge in [-0.25, -0.2) is 0 Å². The highest BCUT2D eigenvalue weighted by atomic mass is 16.2. The zero-order chi connectivity index (χ0) is 12.3. The van der Waals surface area contributed by atoms with Gasteiger partial charge in [0.25, 0.3) is 0 Å². The average Bonchev–Trinajstić information content (AvgIpc) is 2.88. The Morgan fingerprint density at radius 3 is 2.47 bits per heavy atom. The molecule has 2 heterocycles. The van der Waals surface area contributed by atoms with Crippen molar-refractivity contribution in [1.29, 1.82) is 0 Å². The van der Waals surface area contributed by atoms with E-state index in [1.54, 1.807) is 6.20 Å². The van der Waals surface area contributed by atoms with Gasteiger partial charge >= 0.3 is 0 Å². The Hall–Kier alpha value is -1.42. The molecule has 0 spiro atoms. The van der Waals surface area contributed by atoms with Crippen LogP contribution in [-0.4, -0.2) is 16.3 Å². The zero-order valence-corrected chi connectivity index (χ0v) is 10.4. The van der Waals surface area contributed by atoms with E-state index in [1.807, 2.05) is 6.08 Å². The third kappa shape index (κ3) is 2.17. The molecule has 1 aliphatic heterocycles. The van der Waals surface area contributed by atoms with E-state index in [2.05, 4.69) is 40.8 Å². The van der Waals surface area contributed by atoms with Gasteiger partial charge in [-0.2, -0.15) is 10.2 Å². The lowest BCUT2D eigenvalue weighted by Crippen LogP contribution is -2.29. The highest BCUT2D eigenvalue weighted by molar-refractivity contribution is 5.21. The molecule has 2 rings (SSSR count). The second-order valence-corrected chi connectivity index (χ2v) is 4.54. The first kappa shape index (κ1) is 12.0. The summed E-state index contributed by atoms with van der Waals surface area (Å²) in [5.74, 6) is 0. The van der Waals surface area contributed by atoms with Gasteiger partial charge < -0.3 is 9.67 Å². The van der Waals surface area contributed by atoms with Crippen LogP contribution < -0.4 is 0 Å². The number of unbranched alkanes of at least 4 members (excludes halogenated alkanes) is 1. The van der Waals surface area contributed by atoms with E-state index in [-0.39, 0.29) is 12.3 Å². The quantitative estimate of drug-likeness (QED) is 0.781. The van der Waals surface area contributed by atoms with Crippen LogP contribution in [0.4, 0.5) is 0 Å². The summed E-state index contributed by atoms with van der Waals surface area (Å²) in [7, 11) is 0. The Kier molecular flexibility index (Phi) is 3.43. The predicted octanol–water partition coefficient (Wildman–Crippen LogP) is 2.90. The van der Waals surface area contributed by atoms with Crippen LogP contribution in [0, 0.1) is 13.8 Å². The first-order chi connectivity index (χ1) is 8.19. The fraction of sp³-hybridized carbons (Fsp3) is 0.538. The lowest BCUT2D eigenvalue weighted by Gasteiger charge is -2.28. The molecule has 1 aromatic heterocycles. The van der Waals surface area contributed by atoms with Crippen molar-refractivity contribution >= 4 is 0 Å². The van der Waals surface area contributed by atoms with Crippen LogP contribution in [0.2, 0.25) is 0 Å². The molecule has 0 saturated carbocycles. The number of azo groups is 1. The molecule has 92 valence electrons. The van der Waals surface area contributed by atoms with Crippen LogP contribution in [0.5, 0.6) is 0 Å². The molecule has 0 aromatic carbocycles. The van der Waals surface area contributed by atoms with E-state index >= 15 is 0 Å². The molecular weight excluding hydrogens is 214 g/mol. The van der Waals surface area contributed by atoms with Crippen molar-refractivity contribution in [3.05, 3.63) is 35.8 Å². The molecular formula is C13H19N3O. The van der Waals surface area contributed by atoms with Crippen molar-refractivity contribution in [3.8, 4) is 0 Å². The molecule has 0 saturated heterocycles. The van der Waals surface area contributed by atoms with Crippen molar-refractivity contribution in [2.24, 2.45) is 10.2 Å². The minimum absolute atomic E-state index is 0.237. The lowest BCUT2D eigenvalue weighted by molar-refractivity contribution is 0.264. The normalized spacial score (nSPS) is 22.5. The maximum atomic E-state index is 8.89. The average molecular weight is 233 g/mol. The molecule has 0 radical (unpaired) electrons. The van der Waals surface area contributed by atoms with Crippen LogP contribution in [0.25, 0.3) is 0 Å². The van der Waals surface area contributed by atoms with Crippen molar-refractivity contribution in [3.63, 3.8) is 0 Å². The monoisotopic (exact) mass is 233 g/mol. The highest BCUT2D eigenvalue weighted by Crippen LogP contribution is 2.34. The molecule has 1 atom stereocenters. The van der Waals surface area contributed by atoms with Gasteiger partial charge in [0.1, 0.15) is 0 Å². The van der Waals surface area contributed by atoms with Crippen molar-refractivity contribution < 1.29 is 5.11 Å². The van der Waals surface area contributed by atoms with Gasteiger partial charge in [-0.1, -0.05) is 0 Å². The summed E-state index contributed by atoms with van der Waals surface area (Å²) >= 11 is 0. The van der Waals surface area contributed by atoms with E-state index in [0.717, 1.165) is 19.3 Å². The fourth-order valence-corrected chi connectivity index (χ4v) is 2.46. The summed E-state index contributed by atoms with van der Waals surface area (Å²) in [5, 5.41) is 17.3. The molecule has 0 amide bonds. The van der Waals surface area contributed by atoms with E-state index in [1.165, 1.54) is 11.4 Å².